The molecule has 4 aliphatic carbocycles. The van der Waals surface area contributed by atoms with Crippen LogP contribution in [0.25, 0.3) is 0 Å². The number of carbonyl (C=O) groups is 1. The molecular weight excluding hydrogens is 562 g/mol. The average molecular weight is 632 g/mol. The van der Waals surface area contributed by atoms with E-state index in [9.17, 15) is 9.90 Å². The molecule has 0 bridgehead atoms. The molecule has 0 aromatic rings. The summed E-state index contributed by atoms with van der Waals surface area (Å²) in [7, 11) is 1.61. The van der Waals surface area contributed by atoms with Crippen LogP contribution in [0.5, 0.6) is 0 Å². The Morgan fingerprint density at radius 2 is 1.82 bits per heavy atom. The third-order valence-electron chi connectivity index (χ3n) is 13.3. The second-order valence-electron chi connectivity index (χ2n) is 17.3. The van der Waals surface area contributed by atoms with Crippen molar-refractivity contribution in [1.82, 2.24) is 5.32 Å². The van der Waals surface area contributed by atoms with E-state index < -0.39 is 0 Å². The zero-order valence-corrected chi connectivity index (χ0v) is 30.3. The van der Waals surface area contributed by atoms with Crippen LogP contribution in [0, 0.1) is 51.8 Å². The number of aliphatic hydroxyl groups is 1. The number of hydrogen-bond acceptors (Lipinski definition) is 5. The first kappa shape index (κ1) is 36.7. The maximum absolute atomic E-state index is 12.9. The van der Waals surface area contributed by atoms with E-state index >= 15 is 0 Å². The number of hydrogen-bond donors (Lipinski definition) is 2. The minimum atomic E-state index is -0.286. The van der Waals surface area contributed by atoms with E-state index in [0.717, 1.165) is 61.2 Å². The van der Waals surface area contributed by atoms with Crippen LogP contribution in [0.4, 0.5) is 4.79 Å². The first-order valence-corrected chi connectivity index (χ1v) is 18.7. The predicted molar refractivity (Wildman–Crippen MR) is 183 cm³/mol. The number of amides is 1. The molecular formula is C39H69NO5. The summed E-state index contributed by atoms with van der Waals surface area (Å²) in [5.41, 5.74) is 2.26. The highest BCUT2D eigenvalue weighted by Crippen LogP contribution is 2.67. The average Bonchev–Trinajstić information content (AvgIpc) is 3.35. The molecule has 0 aromatic carbocycles. The lowest BCUT2D eigenvalue weighted by Gasteiger charge is -2.58. The SMILES string of the molecule is COC(CO)CCOCCC(C)(C)CNC(=O)OC1CCC2(C)C(=CCC3C2CCC2(C)C(C(C)CCCC(C)C)CCC32)C1. The van der Waals surface area contributed by atoms with Gasteiger partial charge in [-0.1, -0.05) is 79.4 Å². The lowest BCUT2D eigenvalue weighted by Crippen LogP contribution is -2.51. The van der Waals surface area contributed by atoms with Crippen molar-refractivity contribution < 1.29 is 24.1 Å². The number of carbonyl (C=O) groups excluding carboxylic acids is 1. The number of aliphatic hydroxyl groups excluding tert-OH is 1. The molecule has 0 radical (unpaired) electrons. The van der Waals surface area contributed by atoms with E-state index in [1.54, 1.807) is 12.7 Å². The highest BCUT2D eigenvalue weighted by Gasteiger charge is 2.59. The minimum Gasteiger partial charge on any atom is -0.446 e. The minimum absolute atomic E-state index is 0.00853. The quantitative estimate of drug-likeness (QED) is 0.131. The number of allylic oxidation sites excluding steroid dienone is 1. The molecule has 6 nitrogen and oxygen atoms in total. The van der Waals surface area contributed by atoms with Crippen LogP contribution in [0.2, 0.25) is 0 Å². The van der Waals surface area contributed by atoms with Gasteiger partial charge in [0.2, 0.25) is 0 Å². The summed E-state index contributed by atoms with van der Waals surface area (Å²) in [4.78, 5) is 12.9. The topological polar surface area (TPSA) is 77.0 Å². The predicted octanol–water partition coefficient (Wildman–Crippen LogP) is 8.95. The van der Waals surface area contributed by atoms with Crippen molar-refractivity contribution in [3.63, 3.8) is 0 Å². The van der Waals surface area contributed by atoms with E-state index in [1.807, 2.05) is 0 Å². The van der Waals surface area contributed by atoms with Gasteiger partial charge in [-0.15, -0.1) is 0 Å². The summed E-state index contributed by atoms with van der Waals surface area (Å²) < 4.78 is 17.0. The summed E-state index contributed by atoms with van der Waals surface area (Å²) in [5.74, 6) is 5.06. The number of nitrogens with one attached hydrogen (secondary N) is 1. The van der Waals surface area contributed by atoms with E-state index in [1.165, 1.54) is 51.4 Å². The van der Waals surface area contributed by atoms with E-state index in [4.69, 9.17) is 14.2 Å². The lowest BCUT2D eigenvalue weighted by atomic mass is 9.47. The third kappa shape index (κ3) is 8.87. The fraction of sp³-hybridized carbons (Fsp3) is 0.923. The highest BCUT2D eigenvalue weighted by atomic mass is 16.6. The van der Waals surface area contributed by atoms with Gasteiger partial charge in [-0.2, -0.15) is 0 Å². The van der Waals surface area contributed by atoms with Gasteiger partial charge in [0.05, 0.1) is 12.7 Å². The smallest absolute Gasteiger partial charge is 0.407 e. The molecule has 4 rings (SSSR count). The number of fused-ring (bicyclic) bond motifs is 5. The van der Waals surface area contributed by atoms with Crippen LogP contribution in [0.3, 0.4) is 0 Å². The number of alkyl carbamates (subject to hydrolysis) is 1. The van der Waals surface area contributed by atoms with Crippen molar-refractivity contribution in [2.75, 3.05) is 33.5 Å². The van der Waals surface area contributed by atoms with Gasteiger partial charge in [-0.3, -0.25) is 0 Å². The zero-order chi connectivity index (χ0) is 32.8. The van der Waals surface area contributed by atoms with Gasteiger partial charge >= 0.3 is 6.09 Å². The Morgan fingerprint density at radius 3 is 2.53 bits per heavy atom. The van der Waals surface area contributed by atoms with Gasteiger partial charge < -0.3 is 24.6 Å². The molecule has 0 heterocycles. The summed E-state index contributed by atoms with van der Waals surface area (Å²) in [5, 5.41) is 12.3. The van der Waals surface area contributed by atoms with Crippen molar-refractivity contribution >= 4 is 6.09 Å². The Kier molecular flexibility index (Phi) is 12.9. The fourth-order valence-corrected chi connectivity index (χ4v) is 10.3. The standard InChI is InChI=1S/C39H69NO5/c1-27(2)10-9-11-28(3)33-14-15-34-32-13-12-29-24-30(16-19-38(29,6)35(32)17-20-39(33,34)7)45-36(42)40-26-37(4,5)21-23-44-22-18-31(25-41)43-8/h12,27-28,30-35,41H,9-11,13-26H2,1-8H3,(H,40,42). The molecule has 1 amide bonds. The van der Waals surface area contributed by atoms with Crippen LogP contribution in [0.1, 0.15) is 132 Å². The Hall–Kier alpha value is -1.11. The Morgan fingerprint density at radius 1 is 1.04 bits per heavy atom. The molecule has 6 heteroatoms. The molecule has 0 saturated heterocycles. The molecule has 2 N–H and O–H groups in total. The number of methoxy groups -OCH3 is 1. The van der Waals surface area contributed by atoms with Crippen LogP contribution < -0.4 is 5.32 Å². The third-order valence-corrected chi connectivity index (χ3v) is 13.3. The molecule has 9 atom stereocenters. The summed E-state index contributed by atoms with van der Waals surface area (Å²) in [6.07, 6.45) is 17.7. The molecule has 0 aliphatic heterocycles. The largest absolute Gasteiger partial charge is 0.446 e. The summed E-state index contributed by atoms with van der Waals surface area (Å²) in [6.45, 7) is 18.6. The monoisotopic (exact) mass is 632 g/mol. The Balaban J connectivity index is 1.24. The molecule has 4 aliphatic rings. The van der Waals surface area contributed by atoms with Gasteiger partial charge in [0.25, 0.3) is 0 Å². The number of rotatable bonds is 16. The van der Waals surface area contributed by atoms with E-state index in [0.29, 0.717) is 31.6 Å². The first-order valence-electron chi connectivity index (χ1n) is 18.7. The molecule has 3 fully saturated rings. The van der Waals surface area contributed by atoms with E-state index in [-0.39, 0.29) is 35.7 Å². The first-order chi connectivity index (χ1) is 21.3. The van der Waals surface area contributed by atoms with Gasteiger partial charge in [0.1, 0.15) is 6.10 Å². The maximum Gasteiger partial charge on any atom is 0.407 e. The molecule has 9 unspecified atom stereocenters. The van der Waals surface area contributed by atoms with Crippen LogP contribution in [-0.2, 0) is 14.2 Å². The fourth-order valence-electron chi connectivity index (χ4n) is 10.3. The van der Waals surface area contributed by atoms with Gasteiger partial charge in [-0.05, 0) is 110 Å². The van der Waals surface area contributed by atoms with Crippen molar-refractivity contribution in [3.8, 4) is 0 Å². The molecule has 3 saturated carbocycles. The lowest BCUT2D eigenvalue weighted by molar-refractivity contribution is -0.0582. The Bertz CT molecular complexity index is 974. The van der Waals surface area contributed by atoms with Crippen molar-refractivity contribution in [3.05, 3.63) is 11.6 Å². The Labute approximate surface area is 276 Å². The second kappa shape index (κ2) is 15.9. The normalized spacial score (nSPS) is 34.4. The highest BCUT2D eigenvalue weighted by molar-refractivity contribution is 5.67. The molecule has 45 heavy (non-hydrogen) atoms. The van der Waals surface area contributed by atoms with Crippen LogP contribution >= 0.6 is 0 Å². The maximum atomic E-state index is 12.9. The van der Waals surface area contributed by atoms with Gasteiger partial charge in [0, 0.05) is 33.3 Å². The summed E-state index contributed by atoms with van der Waals surface area (Å²) in [6, 6.07) is 0. The summed E-state index contributed by atoms with van der Waals surface area (Å²) >= 11 is 0. The zero-order valence-electron chi connectivity index (χ0n) is 30.3. The van der Waals surface area contributed by atoms with Gasteiger partial charge in [0.15, 0.2) is 0 Å². The van der Waals surface area contributed by atoms with Crippen molar-refractivity contribution in [1.29, 1.82) is 0 Å². The second-order valence-corrected chi connectivity index (χ2v) is 17.3. The molecule has 0 spiro atoms. The number of ether oxygens (including phenoxy) is 3. The van der Waals surface area contributed by atoms with Gasteiger partial charge in [-0.25, -0.2) is 4.79 Å². The van der Waals surface area contributed by atoms with Crippen molar-refractivity contribution in [2.24, 2.45) is 51.8 Å². The molecule has 0 aromatic heterocycles. The van der Waals surface area contributed by atoms with E-state index in [2.05, 4.69) is 59.9 Å². The van der Waals surface area contributed by atoms with Crippen LogP contribution in [-0.4, -0.2) is 56.9 Å². The molecule has 260 valence electrons. The van der Waals surface area contributed by atoms with Crippen molar-refractivity contribution in [2.45, 2.75) is 144 Å². The van der Waals surface area contributed by atoms with Crippen LogP contribution in [0.15, 0.2) is 11.6 Å².